The summed E-state index contributed by atoms with van der Waals surface area (Å²) in [4.78, 5) is 16.1. The molecule has 218 valence electrons. The molecule has 41 heavy (non-hydrogen) atoms. The maximum absolute atomic E-state index is 13.2. The van der Waals surface area contributed by atoms with Gasteiger partial charge in [-0.15, -0.1) is 23.5 Å². The monoisotopic (exact) mass is 658 g/mol. The lowest BCUT2D eigenvalue weighted by atomic mass is 9.71. The van der Waals surface area contributed by atoms with Crippen LogP contribution in [0, 0.1) is 0 Å². The molecule has 8 nitrogen and oxygen atoms in total. The minimum Gasteiger partial charge on any atom is -0.491 e. The first kappa shape index (κ1) is 31.4. The molecule has 0 fully saturated rings. The van der Waals surface area contributed by atoms with Crippen molar-refractivity contribution in [1.29, 1.82) is 0 Å². The number of nitrogens with zero attached hydrogens (tertiary/aromatic N) is 4. The summed E-state index contributed by atoms with van der Waals surface area (Å²) in [7, 11) is 8.72. The Kier molecular flexibility index (Phi) is 10.4. The van der Waals surface area contributed by atoms with E-state index in [4.69, 9.17) is 24.2 Å². The highest BCUT2D eigenvalue weighted by Gasteiger charge is 2.44. The number of aliphatic hydroxyl groups is 1. The van der Waals surface area contributed by atoms with Gasteiger partial charge in [-0.1, -0.05) is 15.9 Å². The van der Waals surface area contributed by atoms with E-state index in [1.165, 1.54) is 23.5 Å². The Morgan fingerprint density at radius 1 is 0.902 bits per heavy atom. The molecule has 0 spiro atoms. The van der Waals surface area contributed by atoms with Crippen LogP contribution in [0.5, 0.6) is 17.5 Å². The molecule has 11 heteroatoms. The van der Waals surface area contributed by atoms with Crippen molar-refractivity contribution in [3.05, 3.63) is 69.8 Å². The molecule has 0 bridgehead atoms. The van der Waals surface area contributed by atoms with E-state index in [2.05, 4.69) is 25.8 Å². The van der Waals surface area contributed by atoms with E-state index < -0.39 is 11.5 Å². The van der Waals surface area contributed by atoms with Crippen LogP contribution >= 0.6 is 39.5 Å². The number of thioether (sulfide) groups is 2. The van der Waals surface area contributed by atoms with Gasteiger partial charge in [0.05, 0.1) is 42.8 Å². The minimum atomic E-state index is -1.45. The van der Waals surface area contributed by atoms with Crippen LogP contribution in [0.15, 0.2) is 63.2 Å². The Labute approximate surface area is 258 Å². The first-order valence-electron chi connectivity index (χ1n) is 12.9. The fourth-order valence-corrected chi connectivity index (χ4v) is 6.31. The van der Waals surface area contributed by atoms with E-state index in [-0.39, 0.29) is 0 Å². The van der Waals surface area contributed by atoms with Crippen molar-refractivity contribution < 1.29 is 19.3 Å². The van der Waals surface area contributed by atoms with E-state index in [1.807, 2.05) is 69.1 Å². The molecule has 2 atom stereocenters. The van der Waals surface area contributed by atoms with Gasteiger partial charge in [-0.25, -0.2) is 15.0 Å². The molecular formula is C30H35BrN4O4S2. The SMILES string of the molecule is COc1nc2ccc(Br)cc2cc1C(c1ccnc(OC)c1OC)C(O)(CCN(C)C)c1cc(SC)nc(SC)c1. The molecule has 1 aromatic carbocycles. The van der Waals surface area contributed by atoms with Gasteiger partial charge in [-0.3, -0.25) is 0 Å². The Morgan fingerprint density at radius 2 is 1.59 bits per heavy atom. The number of hydrogen-bond donors (Lipinski definition) is 1. The third-order valence-electron chi connectivity index (χ3n) is 7.00. The summed E-state index contributed by atoms with van der Waals surface area (Å²) in [5.41, 5.74) is 1.47. The van der Waals surface area contributed by atoms with Crippen molar-refractivity contribution in [2.75, 3.05) is 54.5 Å². The van der Waals surface area contributed by atoms with Crippen LogP contribution in [0.2, 0.25) is 0 Å². The topological polar surface area (TPSA) is 89.8 Å². The average molecular weight is 660 g/mol. The van der Waals surface area contributed by atoms with E-state index in [1.54, 1.807) is 27.5 Å². The number of pyridine rings is 3. The van der Waals surface area contributed by atoms with Crippen LogP contribution < -0.4 is 14.2 Å². The molecule has 0 aliphatic rings. The summed E-state index contributed by atoms with van der Waals surface area (Å²) < 4.78 is 18.3. The smallest absolute Gasteiger partial charge is 0.257 e. The zero-order chi connectivity index (χ0) is 29.7. The van der Waals surface area contributed by atoms with Crippen molar-refractivity contribution >= 4 is 50.4 Å². The zero-order valence-corrected chi connectivity index (χ0v) is 27.5. The number of benzene rings is 1. The van der Waals surface area contributed by atoms with Gasteiger partial charge in [0, 0.05) is 33.7 Å². The van der Waals surface area contributed by atoms with Crippen molar-refractivity contribution in [2.45, 2.75) is 28.0 Å². The van der Waals surface area contributed by atoms with Gasteiger partial charge < -0.3 is 24.2 Å². The van der Waals surface area contributed by atoms with Gasteiger partial charge in [0.2, 0.25) is 5.88 Å². The van der Waals surface area contributed by atoms with Crippen molar-refractivity contribution in [2.24, 2.45) is 0 Å². The largest absolute Gasteiger partial charge is 0.491 e. The van der Waals surface area contributed by atoms with Gasteiger partial charge in [0.1, 0.15) is 5.60 Å². The Morgan fingerprint density at radius 3 is 2.17 bits per heavy atom. The first-order valence-corrected chi connectivity index (χ1v) is 16.1. The number of ether oxygens (including phenoxy) is 3. The second-order valence-electron chi connectivity index (χ2n) is 9.72. The maximum atomic E-state index is 13.2. The normalized spacial score (nSPS) is 13.7. The number of aromatic nitrogens is 3. The minimum absolute atomic E-state index is 0.324. The molecule has 3 aromatic heterocycles. The summed E-state index contributed by atoms with van der Waals surface area (Å²) in [6.45, 7) is 0.609. The summed E-state index contributed by atoms with van der Waals surface area (Å²) in [5.74, 6) is 0.482. The van der Waals surface area contributed by atoms with Crippen LogP contribution in [-0.4, -0.2) is 79.4 Å². The number of methoxy groups -OCH3 is 3. The van der Waals surface area contributed by atoms with Crippen molar-refractivity contribution in [1.82, 2.24) is 19.9 Å². The second kappa shape index (κ2) is 13.6. The molecule has 0 saturated carbocycles. The third-order valence-corrected chi connectivity index (χ3v) is 8.75. The van der Waals surface area contributed by atoms with Crippen LogP contribution in [0.1, 0.15) is 29.0 Å². The molecule has 4 rings (SSSR count). The Hall–Kier alpha value is -2.57. The van der Waals surface area contributed by atoms with Gasteiger partial charge in [-0.05, 0) is 81.1 Å². The van der Waals surface area contributed by atoms with E-state index in [0.29, 0.717) is 41.6 Å². The lowest BCUT2D eigenvalue weighted by Gasteiger charge is -2.39. The van der Waals surface area contributed by atoms with Gasteiger partial charge >= 0.3 is 0 Å². The summed E-state index contributed by atoms with van der Waals surface area (Å²) in [5, 5.41) is 15.7. The fourth-order valence-electron chi connectivity index (χ4n) is 5.01. The summed E-state index contributed by atoms with van der Waals surface area (Å²) in [6, 6.07) is 13.7. The first-order chi connectivity index (χ1) is 19.7. The molecule has 0 saturated heterocycles. The molecule has 0 radical (unpaired) electrons. The molecular weight excluding hydrogens is 624 g/mol. The Balaban J connectivity index is 2.15. The molecule has 0 amide bonds. The highest BCUT2D eigenvalue weighted by molar-refractivity contribution is 9.10. The lowest BCUT2D eigenvalue weighted by molar-refractivity contribution is 0.00259. The highest BCUT2D eigenvalue weighted by atomic mass is 79.9. The van der Waals surface area contributed by atoms with Gasteiger partial charge in [-0.2, -0.15) is 0 Å². The summed E-state index contributed by atoms with van der Waals surface area (Å²) in [6.07, 6.45) is 6.03. The standard InChI is InChI=1S/C30H35BrN4O4S2/c1-35(2)13-11-30(36,19-16-24(40-6)34-25(17-19)41-7)26(21-10-12-32-29(39-5)27(21)37-3)22-15-18-14-20(31)8-9-23(18)33-28(22)38-4/h8-10,12,14-17,26,36H,11,13H2,1-7H3. The predicted octanol–water partition coefficient (Wildman–Crippen LogP) is 6.23. The highest BCUT2D eigenvalue weighted by Crippen LogP contribution is 2.51. The molecule has 0 aliphatic heterocycles. The molecule has 1 N–H and O–H groups in total. The predicted molar refractivity (Wildman–Crippen MR) is 170 cm³/mol. The summed E-state index contributed by atoms with van der Waals surface area (Å²) >= 11 is 6.67. The fraction of sp³-hybridized carbons (Fsp3) is 0.367. The van der Waals surface area contributed by atoms with E-state index >= 15 is 0 Å². The zero-order valence-electron chi connectivity index (χ0n) is 24.3. The molecule has 2 unspecified atom stereocenters. The van der Waals surface area contributed by atoms with E-state index in [9.17, 15) is 5.11 Å². The van der Waals surface area contributed by atoms with Crippen molar-refractivity contribution in [3.8, 4) is 17.5 Å². The Bertz CT molecular complexity index is 1500. The lowest BCUT2D eigenvalue weighted by Crippen LogP contribution is -2.38. The number of halogens is 1. The second-order valence-corrected chi connectivity index (χ2v) is 12.3. The quantitative estimate of drug-likeness (QED) is 0.177. The number of fused-ring (bicyclic) bond motifs is 1. The molecule has 0 aliphatic carbocycles. The van der Waals surface area contributed by atoms with E-state index in [0.717, 1.165) is 31.0 Å². The van der Waals surface area contributed by atoms with Crippen LogP contribution in [0.4, 0.5) is 0 Å². The van der Waals surface area contributed by atoms with Crippen molar-refractivity contribution in [3.63, 3.8) is 0 Å². The third kappa shape index (κ3) is 6.59. The number of hydrogen-bond acceptors (Lipinski definition) is 10. The van der Waals surface area contributed by atoms with Gasteiger partial charge in [0.25, 0.3) is 5.88 Å². The molecule has 4 aromatic rings. The van der Waals surface area contributed by atoms with Gasteiger partial charge in [0.15, 0.2) is 5.75 Å². The van der Waals surface area contributed by atoms with Crippen LogP contribution in [-0.2, 0) is 5.60 Å². The maximum Gasteiger partial charge on any atom is 0.257 e. The van der Waals surface area contributed by atoms with Crippen LogP contribution in [0.3, 0.4) is 0 Å². The number of rotatable bonds is 12. The average Bonchev–Trinajstić information content (AvgIpc) is 2.99. The molecule has 3 heterocycles. The van der Waals surface area contributed by atoms with Crippen LogP contribution in [0.25, 0.3) is 10.9 Å².